The molecule has 0 fully saturated rings. The van der Waals surface area contributed by atoms with E-state index < -0.39 is 6.04 Å². The van der Waals surface area contributed by atoms with E-state index in [4.69, 9.17) is 23.2 Å². The molecule has 1 atom stereocenters. The number of nitrogens with one attached hydrogen (secondary N) is 3. The van der Waals surface area contributed by atoms with E-state index in [0.29, 0.717) is 23.6 Å². The second-order valence-electron chi connectivity index (χ2n) is 5.18. The molecule has 3 N–H and O–H groups in total. The molecule has 0 saturated heterocycles. The molecule has 2 amide bonds. The van der Waals surface area contributed by atoms with Gasteiger partial charge in [0.2, 0.25) is 5.91 Å². The Bertz CT molecular complexity index is 558. The van der Waals surface area contributed by atoms with E-state index in [1.165, 1.54) is 6.07 Å². The predicted molar refractivity (Wildman–Crippen MR) is 102 cm³/mol. The number of carbonyl (C=O) groups is 2. The fourth-order valence-electron chi connectivity index (χ4n) is 2.01. The number of halogens is 2. The number of hydrogen-bond acceptors (Lipinski definition) is 4. The standard InChI is InChI=1S/C16H23Cl2N3O2S/c1-19-7-3-8-20-16(23)14(6-9-24-2)21-15(22)12-5-4-11(17)10-13(12)18/h4-5,10,14,19H,3,6-9H2,1-2H3,(H,20,23)(H,21,22). The molecule has 24 heavy (non-hydrogen) atoms. The average molecular weight is 392 g/mol. The smallest absolute Gasteiger partial charge is 0.253 e. The third-order valence-electron chi connectivity index (χ3n) is 3.31. The zero-order chi connectivity index (χ0) is 17.9. The third kappa shape index (κ3) is 7.30. The maximum atomic E-state index is 12.4. The lowest BCUT2D eigenvalue weighted by Crippen LogP contribution is -2.47. The highest BCUT2D eigenvalue weighted by atomic mass is 35.5. The average Bonchev–Trinajstić information content (AvgIpc) is 2.55. The molecular weight excluding hydrogens is 369 g/mol. The quantitative estimate of drug-likeness (QED) is 0.536. The minimum atomic E-state index is -0.591. The minimum absolute atomic E-state index is 0.182. The van der Waals surface area contributed by atoms with E-state index in [0.717, 1.165) is 18.7 Å². The molecule has 0 aliphatic rings. The van der Waals surface area contributed by atoms with Crippen LogP contribution in [0.2, 0.25) is 10.0 Å². The number of benzene rings is 1. The van der Waals surface area contributed by atoms with E-state index in [2.05, 4.69) is 16.0 Å². The van der Waals surface area contributed by atoms with Gasteiger partial charge in [0.1, 0.15) is 6.04 Å². The molecule has 1 unspecified atom stereocenters. The van der Waals surface area contributed by atoms with Crippen LogP contribution in [0.5, 0.6) is 0 Å². The summed E-state index contributed by atoms with van der Waals surface area (Å²) in [5.74, 6) is 0.204. The van der Waals surface area contributed by atoms with Gasteiger partial charge in [0.15, 0.2) is 0 Å². The maximum absolute atomic E-state index is 12.4. The SMILES string of the molecule is CNCCCNC(=O)C(CCSC)NC(=O)c1ccc(Cl)cc1Cl. The van der Waals surface area contributed by atoms with Crippen LogP contribution >= 0.6 is 35.0 Å². The van der Waals surface area contributed by atoms with Crippen molar-refractivity contribution in [3.05, 3.63) is 33.8 Å². The van der Waals surface area contributed by atoms with Crippen LogP contribution in [0, 0.1) is 0 Å². The first-order valence-electron chi connectivity index (χ1n) is 7.66. The summed E-state index contributed by atoms with van der Waals surface area (Å²) < 4.78 is 0. The molecule has 1 rings (SSSR count). The van der Waals surface area contributed by atoms with Gasteiger partial charge in [0.25, 0.3) is 5.91 Å². The molecule has 0 heterocycles. The van der Waals surface area contributed by atoms with Gasteiger partial charge in [-0.15, -0.1) is 0 Å². The van der Waals surface area contributed by atoms with Crippen molar-refractivity contribution in [3.8, 4) is 0 Å². The first-order valence-corrected chi connectivity index (χ1v) is 9.81. The van der Waals surface area contributed by atoms with Crippen LogP contribution in [0.15, 0.2) is 18.2 Å². The lowest BCUT2D eigenvalue weighted by Gasteiger charge is -2.18. The molecule has 0 aromatic heterocycles. The number of thioether (sulfide) groups is 1. The van der Waals surface area contributed by atoms with Crippen molar-refractivity contribution in [2.24, 2.45) is 0 Å². The highest BCUT2D eigenvalue weighted by Crippen LogP contribution is 2.21. The summed E-state index contributed by atoms with van der Waals surface area (Å²) in [7, 11) is 1.86. The van der Waals surface area contributed by atoms with Gasteiger partial charge in [-0.05, 0) is 56.6 Å². The molecule has 0 radical (unpaired) electrons. The molecule has 0 spiro atoms. The molecule has 0 aliphatic heterocycles. The molecule has 1 aromatic rings. The summed E-state index contributed by atoms with van der Waals surface area (Å²) >= 11 is 13.5. The van der Waals surface area contributed by atoms with Gasteiger partial charge >= 0.3 is 0 Å². The zero-order valence-corrected chi connectivity index (χ0v) is 16.2. The van der Waals surface area contributed by atoms with Crippen LogP contribution in [-0.4, -0.2) is 50.0 Å². The van der Waals surface area contributed by atoms with Crippen molar-refractivity contribution < 1.29 is 9.59 Å². The summed E-state index contributed by atoms with van der Waals surface area (Å²) in [6.07, 6.45) is 3.34. The third-order valence-corrected chi connectivity index (χ3v) is 4.50. The number of carbonyl (C=O) groups excluding carboxylic acids is 2. The Balaban J connectivity index is 2.69. The van der Waals surface area contributed by atoms with E-state index >= 15 is 0 Å². The summed E-state index contributed by atoms with van der Waals surface area (Å²) in [5.41, 5.74) is 0.304. The van der Waals surface area contributed by atoms with Crippen molar-refractivity contribution in [3.63, 3.8) is 0 Å². The Morgan fingerprint density at radius 3 is 2.62 bits per heavy atom. The van der Waals surface area contributed by atoms with Crippen LogP contribution < -0.4 is 16.0 Å². The van der Waals surface area contributed by atoms with Crippen LogP contribution in [0.4, 0.5) is 0 Å². The molecule has 8 heteroatoms. The second kappa shape index (κ2) is 11.6. The summed E-state index contributed by atoms with van der Waals surface area (Å²) in [4.78, 5) is 24.7. The van der Waals surface area contributed by atoms with Crippen molar-refractivity contribution in [1.82, 2.24) is 16.0 Å². The Kier molecular flexibility index (Phi) is 10.2. The number of amides is 2. The molecule has 0 saturated carbocycles. The first kappa shape index (κ1) is 21.1. The summed E-state index contributed by atoms with van der Waals surface area (Å²) in [6.45, 7) is 1.38. The molecule has 1 aromatic carbocycles. The monoisotopic (exact) mass is 391 g/mol. The summed E-state index contributed by atoms with van der Waals surface area (Å²) in [5, 5.41) is 9.35. The van der Waals surface area contributed by atoms with E-state index in [1.54, 1.807) is 23.9 Å². The lowest BCUT2D eigenvalue weighted by atomic mass is 10.1. The van der Waals surface area contributed by atoms with E-state index in [9.17, 15) is 9.59 Å². The van der Waals surface area contributed by atoms with Gasteiger partial charge in [-0.25, -0.2) is 0 Å². The highest BCUT2D eigenvalue weighted by Gasteiger charge is 2.22. The Labute approximate surface area is 157 Å². The van der Waals surface area contributed by atoms with E-state index in [1.807, 2.05) is 13.3 Å². The number of hydrogen-bond donors (Lipinski definition) is 3. The Morgan fingerprint density at radius 1 is 1.25 bits per heavy atom. The van der Waals surface area contributed by atoms with Crippen molar-refractivity contribution >= 4 is 46.8 Å². The van der Waals surface area contributed by atoms with Crippen LogP contribution in [0.3, 0.4) is 0 Å². The molecular formula is C16H23Cl2N3O2S. The lowest BCUT2D eigenvalue weighted by molar-refractivity contribution is -0.123. The van der Waals surface area contributed by atoms with Crippen LogP contribution in [0.1, 0.15) is 23.2 Å². The highest BCUT2D eigenvalue weighted by molar-refractivity contribution is 7.98. The molecule has 0 aliphatic carbocycles. The second-order valence-corrected chi connectivity index (χ2v) is 7.01. The topological polar surface area (TPSA) is 70.2 Å². The van der Waals surface area contributed by atoms with Gasteiger partial charge in [-0.3, -0.25) is 9.59 Å². The van der Waals surface area contributed by atoms with E-state index in [-0.39, 0.29) is 16.8 Å². The fourth-order valence-corrected chi connectivity index (χ4v) is 2.98. The van der Waals surface area contributed by atoms with Gasteiger partial charge < -0.3 is 16.0 Å². The van der Waals surface area contributed by atoms with Gasteiger partial charge in [-0.1, -0.05) is 23.2 Å². The van der Waals surface area contributed by atoms with Crippen molar-refractivity contribution in [2.45, 2.75) is 18.9 Å². The van der Waals surface area contributed by atoms with Crippen molar-refractivity contribution in [2.75, 3.05) is 32.1 Å². The van der Waals surface area contributed by atoms with Crippen LogP contribution in [-0.2, 0) is 4.79 Å². The normalized spacial score (nSPS) is 11.8. The van der Waals surface area contributed by atoms with Gasteiger partial charge in [0, 0.05) is 11.6 Å². The first-order chi connectivity index (χ1) is 11.5. The minimum Gasteiger partial charge on any atom is -0.354 e. The zero-order valence-electron chi connectivity index (χ0n) is 13.8. The summed E-state index contributed by atoms with van der Waals surface area (Å²) in [6, 6.07) is 4.06. The molecule has 5 nitrogen and oxygen atoms in total. The van der Waals surface area contributed by atoms with Crippen LogP contribution in [0.25, 0.3) is 0 Å². The van der Waals surface area contributed by atoms with Gasteiger partial charge in [0.05, 0.1) is 10.6 Å². The largest absolute Gasteiger partial charge is 0.354 e. The van der Waals surface area contributed by atoms with Gasteiger partial charge in [-0.2, -0.15) is 11.8 Å². The maximum Gasteiger partial charge on any atom is 0.253 e. The Morgan fingerprint density at radius 2 is 2.00 bits per heavy atom. The van der Waals surface area contributed by atoms with Crippen molar-refractivity contribution in [1.29, 1.82) is 0 Å². The Hall–Kier alpha value is -0.950. The fraction of sp³-hybridized carbons (Fsp3) is 0.500. The number of rotatable bonds is 10. The molecule has 134 valence electrons. The molecule has 0 bridgehead atoms. The predicted octanol–water partition coefficient (Wildman–Crippen LogP) is 2.57.